The molecule has 2 heterocycles. The van der Waals surface area contributed by atoms with Crippen LogP contribution in [0.15, 0.2) is 48.8 Å². The first kappa shape index (κ1) is 19.8. The first-order chi connectivity index (χ1) is 14.2. The molecule has 0 unspecified atom stereocenters. The van der Waals surface area contributed by atoms with Gasteiger partial charge in [-0.15, -0.1) is 0 Å². The van der Waals surface area contributed by atoms with Gasteiger partial charge in [0.15, 0.2) is 0 Å². The summed E-state index contributed by atoms with van der Waals surface area (Å²) in [5, 5.41) is 3.00. The highest BCUT2D eigenvalue weighted by Gasteiger charge is 2.32. The van der Waals surface area contributed by atoms with Gasteiger partial charge in [0, 0.05) is 55.3 Å². The lowest BCUT2D eigenvalue weighted by molar-refractivity contribution is -0.130. The molecule has 6 nitrogen and oxygen atoms in total. The predicted molar refractivity (Wildman–Crippen MR) is 116 cm³/mol. The number of pyridine rings is 1. The average Bonchev–Trinajstić information content (AvgIpc) is 3.60. The lowest BCUT2D eigenvalue weighted by Gasteiger charge is -2.26. The quantitative estimate of drug-likeness (QED) is 0.793. The second-order valence-electron chi connectivity index (χ2n) is 7.52. The standard InChI is InChI=1S/C22H26N4O2S/c27-21(25-10-12-29-13-11-25)14-17-3-5-19(6-4-17)24-22(28)26(20-7-8-20)16-18-2-1-9-23-15-18/h1-6,9,15,20H,7-8,10-14,16H2,(H,24,28). The van der Waals surface area contributed by atoms with Crippen LogP contribution in [-0.2, 0) is 17.8 Å². The number of amides is 3. The minimum absolute atomic E-state index is 0.0917. The molecule has 29 heavy (non-hydrogen) atoms. The highest BCUT2D eigenvalue weighted by Crippen LogP contribution is 2.29. The number of hydrogen-bond acceptors (Lipinski definition) is 4. The number of rotatable bonds is 6. The number of nitrogens with one attached hydrogen (secondary N) is 1. The lowest BCUT2D eigenvalue weighted by Crippen LogP contribution is -2.38. The van der Waals surface area contributed by atoms with E-state index in [9.17, 15) is 9.59 Å². The second kappa shape index (κ2) is 9.31. The summed E-state index contributed by atoms with van der Waals surface area (Å²) in [6.45, 7) is 2.24. The molecule has 2 aromatic rings. The molecule has 7 heteroatoms. The maximum Gasteiger partial charge on any atom is 0.322 e. The Bertz CT molecular complexity index is 834. The van der Waals surface area contributed by atoms with E-state index >= 15 is 0 Å². The Labute approximate surface area is 175 Å². The molecule has 1 aromatic carbocycles. The fourth-order valence-corrected chi connectivity index (χ4v) is 4.34. The molecule has 1 saturated heterocycles. The minimum atomic E-state index is -0.0917. The van der Waals surface area contributed by atoms with Crippen molar-refractivity contribution < 1.29 is 9.59 Å². The van der Waals surface area contributed by atoms with Crippen LogP contribution in [0.1, 0.15) is 24.0 Å². The van der Waals surface area contributed by atoms with Gasteiger partial charge in [0.05, 0.1) is 6.42 Å². The summed E-state index contributed by atoms with van der Waals surface area (Å²) in [6.07, 6.45) is 6.04. The Kier molecular flexibility index (Phi) is 6.34. The molecule has 1 saturated carbocycles. The zero-order valence-electron chi connectivity index (χ0n) is 16.4. The highest BCUT2D eigenvalue weighted by atomic mass is 32.2. The summed E-state index contributed by atoms with van der Waals surface area (Å²) in [7, 11) is 0. The molecular weight excluding hydrogens is 384 g/mol. The maximum atomic E-state index is 12.8. The van der Waals surface area contributed by atoms with E-state index < -0.39 is 0 Å². The third-order valence-electron chi connectivity index (χ3n) is 5.25. The van der Waals surface area contributed by atoms with Gasteiger partial charge in [-0.25, -0.2) is 4.79 Å². The number of benzene rings is 1. The van der Waals surface area contributed by atoms with E-state index in [-0.39, 0.29) is 11.9 Å². The number of thioether (sulfide) groups is 1. The van der Waals surface area contributed by atoms with E-state index in [0.29, 0.717) is 19.0 Å². The van der Waals surface area contributed by atoms with E-state index in [1.165, 1.54) is 0 Å². The maximum absolute atomic E-state index is 12.8. The van der Waals surface area contributed by atoms with Gasteiger partial charge < -0.3 is 15.1 Å². The number of anilines is 1. The van der Waals surface area contributed by atoms with Crippen LogP contribution in [0.3, 0.4) is 0 Å². The number of carbonyl (C=O) groups is 2. The van der Waals surface area contributed by atoms with Crippen molar-refractivity contribution in [2.45, 2.75) is 31.8 Å². The SMILES string of the molecule is O=C(Cc1ccc(NC(=O)N(Cc2cccnc2)C2CC2)cc1)N1CCSCC1. The Morgan fingerprint density at radius 3 is 2.52 bits per heavy atom. The molecule has 152 valence electrons. The summed E-state index contributed by atoms with van der Waals surface area (Å²) in [4.78, 5) is 33.2. The van der Waals surface area contributed by atoms with Crippen molar-refractivity contribution in [1.29, 1.82) is 0 Å². The van der Waals surface area contributed by atoms with Crippen LogP contribution >= 0.6 is 11.8 Å². The van der Waals surface area contributed by atoms with E-state index in [1.807, 2.05) is 58.0 Å². The van der Waals surface area contributed by atoms with Gasteiger partial charge in [-0.05, 0) is 42.2 Å². The Balaban J connectivity index is 1.33. The number of urea groups is 1. The molecule has 0 radical (unpaired) electrons. The topological polar surface area (TPSA) is 65.5 Å². The van der Waals surface area contributed by atoms with Crippen LogP contribution in [0.2, 0.25) is 0 Å². The third-order valence-corrected chi connectivity index (χ3v) is 6.19. The molecule has 1 aliphatic carbocycles. The molecule has 2 fully saturated rings. The van der Waals surface area contributed by atoms with Gasteiger partial charge in [-0.3, -0.25) is 9.78 Å². The van der Waals surface area contributed by atoms with E-state index in [0.717, 1.165) is 54.3 Å². The molecule has 0 spiro atoms. The fraction of sp³-hybridized carbons (Fsp3) is 0.409. The van der Waals surface area contributed by atoms with Gasteiger partial charge in [0.1, 0.15) is 0 Å². The third kappa shape index (κ3) is 5.50. The molecule has 0 bridgehead atoms. The normalized spacial score (nSPS) is 16.3. The zero-order chi connectivity index (χ0) is 20.1. The molecule has 1 aliphatic heterocycles. The first-order valence-electron chi connectivity index (χ1n) is 10.1. The van der Waals surface area contributed by atoms with Crippen molar-refractivity contribution >= 4 is 29.4 Å². The minimum Gasteiger partial charge on any atom is -0.341 e. The van der Waals surface area contributed by atoms with Crippen LogP contribution in [-0.4, -0.2) is 57.4 Å². The van der Waals surface area contributed by atoms with Crippen molar-refractivity contribution in [2.75, 3.05) is 29.9 Å². The van der Waals surface area contributed by atoms with Crippen LogP contribution in [0.5, 0.6) is 0 Å². The molecule has 0 atom stereocenters. The van der Waals surface area contributed by atoms with E-state index in [1.54, 1.807) is 12.4 Å². The first-order valence-corrected chi connectivity index (χ1v) is 11.3. The largest absolute Gasteiger partial charge is 0.341 e. The van der Waals surface area contributed by atoms with E-state index in [4.69, 9.17) is 0 Å². The highest BCUT2D eigenvalue weighted by molar-refractivity contribution is 7.99. The fourth-order valence-electron chi connectivity index (χ4n) is 3.44. The van der Waals surface area contributed by atoms with E-state index in [2.05, 4.69) is 10.3 Å². The molecular formula is C22H26N4O2S. The molecule has 1 aromatic heterocycles. The van der Waals surface area contributed by atoms with Crippen molar-refractivity contribution in [1.82, 2.24) is 14.8 Å². The van der Waals surface area contributed by atoms with Crippen molar-refractivity contribution in [3.05, 3.63) is 59.9 Å². The summed E-state index contributed by atoms with van der Waals surface area (Å²) < 4.78 is 0. The second-order valence-corrected chi connectivity index (χ2v) is 8.74. The number of hydrogen-bond donors (Lipinski definition) is 1. The van der Waals surface area contributed by atoms with Crippen molar-refractivity contribution in [3.63, 3.8) is 0 Å². The molecule has 2 aliphatic rings. The monoisotopic (exact) mass is 410 g/mol. The molecule has 1 N–H and O–H groups in total. The van der Waals surface area contributed by atoms with Gasteiger partial charge in [-0.1, -0.05) is 18.2 Å². The molecule has 4 rings (SSSR count). The smallest absolute Gasteiger partial charge is 0.322 e. The average molecular weight is 411 g/mol. The Morgan fingerprint density at radius 2 is 1.86 bits per heavy atom. The number of carbonyl (C=O) groups excluding carboxylic acids is 2. The van der Waals surface area contributed by atoms with Crippen LogP contribution in [0.4, 0.5) is 10.5 Å². The summed E-state index contributed by atoms with van der Waals surface area (Å²) in [6, 6.07) is 11.7. The summed E-state index contributed by atoms with van der Waals surface area (Å²) >= 11 is 1.90. The Morgan fingerprint density at radius 1 is 1.10 bits per heavy atom. The number of aromatic nitrogens is 1. The summed E-state index contributed by atoms with van der Waals surface area (Å²) in [5.41, 5.74) is 2.75. The lowest BCUT2D eigenvalue weighted by atomic mass is 10.1. The van der Waals surface area contributed by atoms with Crippen molar-refractivity contribution in [2.24, 2.45) is 0 Å². The Hall–Kier alpha value is -2.54. The molecule has 3 amide bonds. The summed E-state index contributed by atoms with van der Waals surface area (Å²) in [5.74, 6) is 2.22. The van der Waals surface area contributed by atoms with Crippen LogP contribution < -0.4 is 5.32 Å². The van der Waals surface area contributed by atoms with Crippen molar-refractivity contribution in [3.8, 4) is 0 Å². The van der Waals surface area contributed by atoms with Gasteiger partial charge in [-0.2, -0.15) is 11.8 Å². The number of nitrogens with zero attached hydrogens (tertiary/aromatic N) is 3. The van der Waals surface area contributed by atoms with Crippen LogP contribution in [0, 0.1) is 0 Å². The zero-order valence-corrected chi connectivity index (χ0v) is 17.2. The van der Waals surface area contributed by atoms with Gasteiger partial charge >= 0.3 is 6.03 Å². The van der Waals surface area contributed by atoms with Gasteiger partial charge in [0.25, 0.3) is 0 Å². The van der Waals surface area contributed by atoms with Gasteiger partial charge in [0.2, 0.25) is 5.91 Å². The van der Waals surface area contributed by atoms with Crippen LogP contribution in [0.25, 0.3) is 0 Å². The predicted octanol–water partition coefficient (Wildman–Crippen LogP) is 3.40.